The molecule has 0 saturated heterocycles. The average Bonchev–Trinajstić information content (AvgIpc) is 2.60. The molecule has 0 aliphatic heterocycles. The molecule has 0 bridgehead atoms. The summed E-state index contributed by atoms with van der Waals surface area (Å²) in [7, 11) is 0. The van der Waals surface area contributed by atoms with E-state index >= 15 is 0 Å². The number of carbonyl (C=O) groups excluding carboxylic acids is 1. The SMILES string of the molecule is CCOc1cc(I)cc(/C=N\NC(=O)COc2cccc(C)c2C)c1O. The average molecular weight is 468 g/mol. The molecule has 2 rings (SSSR count). The topological polar surface area (TPSA) is 80.2 Å². The van der Waals surface area contributed by atoms with Crippen molar-refractivity contribution in [3.8, 4) is 17.2 Å². The first-order valence-corrected chi connectivity index (χ1v) is 9.16. The fraction of sp³-hybridized carbons (Fsp3) is 0.263. The van der Waals surface area contributed by atoms with Crippen molar-refractivity contribution in [3.63, 3.8) is 0 Å². The number of nitrogens with zero attached hydrogens (tertiary/aromatic N) is 1. The standard InChI is InChI=1S/C19H21IN2O4/c1-4-25-17-9-15(20)8-14(19(17)24)10-21-22-18(23)11-26-16-7-5-6-12(2)13(16)3/h5-10,24H,4,11H2,1-3H3,(H,22,23)/b21-10-. The summed E-state index contributed by atoms with van der Waals surface area (Å²) in [6.45, 7) is 6.05. The van der Waals surface area contributed by atoms with E-state index in [0.717, 1.165) is 14.7 Å². The summed E-state index contributed by atoms with van der Waals surface area (Å²) in [5, 5.41) is 14.0. The van der Waals surface area contributed by atoms with Gasteiger partial charge in [-0.2, -0.15) is 5.10 Å². The second-order valence-corrected chi connectivity index (χ2v) is 6.80. The van der Waals surface area contributed by atoms with Crippen molar-refractivity contribution in [2.75, 3.05) is 13.2 Å². The minimum atomic E-state index is -0.391. The highest BCUT2D eigenvalue weighted by atomic mass is 127. The Kier molecular flexibility index (Phi) is 7.26. The molecule has 0 spiro atoms. The third-order valence-electron chi connectivity index (χ3n) is 3.68. The zero-order chi connectivity index (χ0) is 19.1. The van der Waals surface area contributed by atoms with Crippen molar-refractivity contribution in [3.05, 3.63) is 50.6 Å². The minimum Gasteiger partial charge on any atom is -0.504 e. The largest absolute Gasteiger partial charge is 0.504 e. The number of hydrogen-bond acceptors (Lipinski definition) is 5. The zero-order valence-corrected chi connectivity index (χ0v) is 17.0. The highest BCUT2D eigenvalue weighted by molar-refractivity contribution is 14.1. The Bertz CT molecular complexity index is 821. The third-order valence-corrected chi connectivity index (χ3v) is 4.30. The number of halogens is 1. The van der Waals surface area contributed by atoms with Crippen LogP contribution in [0.2, 0.25) is 0 Å². The van der Waals surface area contributed by atoms with E-state index in [9.17, 15) is 9.90 Å². The van der Waals surface area contributed by atoms with Crippen molar-refractivity contribution < 1.29 is 19.4 Å². The molecule has 7 heteroatoms. The summed E-state index contributed by atoms with van der Waals surface area (Å²) >= 11 is 2.12. The highest BCUT2D eigenvalue weighted by Gasteiger charge is 2.09. The zero-order valence-electron chi connectivity index (χ0n) is 14.9. The van der Waals surface area contributed by atoms with Gasteiger partial charge in [-0.15, -0.1) is 0 Å². The molecule has 0 radical (unpaired) electrons. The molecule has 2 aromatic carbocycles. The summed E-state index contributed by atoms with van der Waals surface area (Å²) in [6, 6.07) is 9.15. The van der Waals surface area contributed by atoms with Crippen molar-refractivity contribution in [2.45, 2.75) is 20.8 Å². The summed E-state index contributed by atoms with van der Waals surface area (Å²) in [6.07, 6.45) is 1.37. The van der Waals surface area contributed by atoms with Gasteiger partial charge in [-0.1, -0.05) is 12.1 Å². The number of hydrogen-bond donors (Lipinski definition) is 2. The van der Waals surface area contributed by atoms with Gasteiger partial charge < -0.3 is 14.6 Å². The lowest BCUT2D eigenvalue weighted by atomic mass is 10.1. The maximum atomic E-state index is 11.9. The molecule has 1 amide bonds. The Morgan fingerprint density at radius 1 is 1.27 bits per heavy atom. The van der Waals surface area contributed by atoms with Crippen molar-refractivity contribution in [2.24, 2.45) is 5.10 Å². The Hall–Kier alpha value is -2.29. The molecule has 0 fully saturated rings. The van der Waals surface area contributed by atoms with Crippen LogP contribution in [0.1, 0.15) is 23.6 Å². The number of benzene rings is 2. The quantitative estimate of drug-likeness (QED) is 0.370. The van der Waals surface area contributed by atoms with Crippen LogP contribution in [0.15, 0.2) is 35.4 Å². The van der Waals surface area contributed by atoms with E-state index < -0.39 is 5.91 Å². The van der Waals surface area contributed by atoms with Crippen LogP contribution in [0.3, 0.4) is 0 Å². The number of amides is 1. The first-order valence-electron chi connectivity index (χ1n) is 8.08. The van der Waals surface area contributed by atoms with Crippen LogP contribution in [-0.4, -0.2) is 30.4 Å². The molecule has 0 saturated carbocycles. The van der Waals surface area contributed by atoms with Gasteiger partial charge >= 0.3 is 0 Å². The second-order valence-electron chi connectivity index (χ2n) is 5.55. The summed E-state index contributed by atoms with van der Waals surface area (Å²) < 4.78 is 11.8. The lowest BCUT2D eigenvalue weighted by Gasteiger charge is -2.10. The van der Waals surface area contributed by atoms with Crippen LogP contribution in [0.25, 0.3) is 0 Å². The van der Waals surface area contributed by atoms with Gasteiger partial charge in [0.25, 0.3) is 5.91 Å². The molecule has 0 unspecified atom stereocenters. The second kappa shape index (κ2) is 9.42. The number of carbonyl (C=O) groups is 1. The van der Waals surface area contributed by atoms with Crippen LogP contribution < -0.4 is 14.9 Å². The van der Waals surface area contributed by atoms with Gasteiger partial charge in [0.15, 0.2) is 18.1 Å². The van der Waals surface area contributed by atoms with E-state index in [0.29, 0.717) is 23.7 Å². The Morgan fingerprint density at radius 2 is 2.04 bits per heavy atom. The van der Waals surface area contributed by atoms with Gasteiger partial charge in [-0.25, -0.2) is 5.43 Å². The number of aryl methyl sites for hydroxylation is 1. The molecule has 138 valence electrons. The first-order chi connectivity index (χ1) is 12.4. The molecule has 26 heavy (non-hydrogen) atoms. The number of rotatable bonds is 7. The van der Waals surface area contributed by atoms with E-state index in [4.69, 9.17) is 9.47 Å². The monoisotopic (exact) mass is 468 g/mol. The predicted octanol–water partition coefficient (Wildman–Crippen LogP) is 3.54. The van der Waals surface area contributed by atoms with E-state index in [1.807, 2.05) is 39.0 Å². The van der Waals surface area contributed by atoms with E-state index in [1.54, 1.807) is 12.1 Å². The maximum Gasteiger partial charge on any atom is 0.277 e. The van der Waals surface area contributed by atoms with Crippen LogP contribution in [-0.2, 0) is 4.79 Å². The van der Waals surface area contributed by atoms with Gasteiger partial charge in [-0.05, 0) is 72.7 Å². The lowest BCUT2D eigenvalue weighted by Crippen LogP contribution is -2.24. The summed E-state index contributed by atoms with van der Waals surface area (Å²) in [5.74, 6) is 0.639. The predicted molar refractivity (Wildman–Crippen MR) is 109 cm³/mol. The highest BCUT2D eigenvalue weighted by Crippen LogP contribution is 2.31. The van der Waals surface area contributed by atoms with Gasteiger partial charge in [0.05, 0.1) is 12.8 Å². The number of nitrogens with one attached hydrogen (secondary N) is 1. The van der Waals surface area contributed by atoms with Crippen molar-refractivity contribution in [1.29, 1.82) is 0 Å². The number of hydrazone groups is 1. The van der Waals surface area contributed by atoms with E-state index in [2.05, 4.69) is 33.1 Å². The molecule has 0 aliphatic carbocycles. The fourth-order valence-corrected chi connectivity index (χ4v) is 2.81. The number of aromatic hydroxyl groups is 1. The third kappa shape index (κ3) is 5.35. The molecule has 0 heterocycles. The summed E-state index contributed by atoms with van der Waals surface area (Å²) in [5.41, 5.74) is 4.93. The van der Waals surface area contributed by atoms with Crippen molar-refractivity contribution >= 4 is 34.7 Å². The number of phenolic OH excluding ortho intramolecular Hbond substituents is 1. The van der Waals surface area contributed by atoms with Gasteiger partial charge in [0, 0.05) is 9.13 Å². The Balaban J connectivity index is 1.96. The molecular weight excluding hydrogens is 447 g/mol. The van der Waals surface area contributed by atoms with Crippen LogP contribution >= 0.6 is 22.6 Å². The molecule has 0 aromatic heterocycles. The van der Waals surface area contributed by atoms with Gasteiger partial charge in [0.1, 0.15) is 5.75 Å². The molecule has 2 N–H and O–H groups in total. The van der Waals surface area contributed by atoms with Crippen LogP contribution in [0, 0.1) is 17.4 Å². The molecule has 0 aliphatic rings. The van der Waals surface area contributed by atoms with E-state index in [-0.39, 0.29) is 12.4 Å². The normalized spacial score (nSPS) is 10.8. The first kappa shape index (κ1) is 20.0. The van der Waals surface area contributed by atoms with Crippen LogP contribution in [0.5, 0.6) is 17.2 Å². The van der Waals surface area contributed by atoms with Gasteiger partial charge in [-0.3, -0.25) is 4.79 Å². The molecule has 2 aromatic rings. The van der Waals surface area contributed by atoms with Crippen molar-refractivity contribution in [1.82, 2.24) is 5.43 Å². The van der Waals surface area contributed by atoms with E-state index in [1.165, 1.54) is 6.21 Å². The Labute approximate surface area is 166 Å². The Morgan fingerprint density at radius 3 is 2.77 bits per heavy atom. The fourth-order valence-electron chi connectivity index (χ4n) is 2.19. The number of phenols is 1. The maximum absolute atomic E-state index is 11.9. The summed E-state index contributed by atoms with van der Waals surface area (Å²) in [4.78, 5) is 11.9. The smallest absolute Gasteiger partial charge is 0.277 e. The van der Waals surface area contributed by atoms with Gasteiger partial charge in [0.2, 0.25) is 0 Å². The minimum absolute atomic E-state index is 0.0168. The molecule has 6 nitrogen and oxygen atoms in total. The lowest BCUT2D eigenvalue weighted by molar-refractivity contribution is -0.123. The number of ether oxygens (including phenoxy) is 2. The molecular formula is C19H21IN2O4. The molecule has 0 atom stereocenters. The van der Waals surface area contributed by atoms with Crippen LogP contribution in [0.4, 0.5) is 0 Å².